The maximum atomic E-state index is 13.7. The molecule has 0 radical (unpaired) electrons. The maximum absolute atomic E-state index is 13.7. The first-order valence-corrected chi connectivity index (χ1v) is 11.3. The second kappa shape index (κ2) is 8.92. The van der Waals surface area contributed by atoms with E-state index in [9.17, 15) is 14.7 Å². The Morgan fingerprint density at radius 1 is 1.20 bits per heavy atom. The van der Waals surface area contributed by atoms with Crippen LogP contribution in [0.4, 0.5) is 0 Å². The third-order valence-electron chi connectivity index (χ3n) is 5.97. The molecule has 2 aromatic heterocycles. The molecular weight excluding hydrogens is 468 g/mol. The van der Waals surface area contributed by atoms with Crippen LogP contribution in [0.25, 0.3) is 11.0 Å². The van der Waals surface area contributed by atoms with Crippen molar-refractivity contribution in [3.8, 4) is 5.75 Å². The number of furan rings is 1. The van der Waals surface area contributed by atoms with Gasteiger partial charge in [0.1, 0.15) is 0 Å². The van der Waals surface area contributed by atoms with Gasteiger partial charge in [0.15, 0.2) is 22.9 Å². The minimum Gasteiger partial charge on any atom is -0.503 e. The third-order valence-corrected chi connectivity index (χ3v) is 6.19. The number of aliphatic hydroxyl groups is 1. The van der Waals surface area contributed by atoms with Gasteiger partial charge in [-0.2, -0.15) is 0 Å². The Labute approximate surface area is 206 Å². The smallest absolute Gasteiger partial charge is 0.290 e. The fourth-order valence-corrected chi connectivity index (χ4v) is 4.62. The van der Waals surface area contributed by atoms with Crippen molar-refractivity contribution in [2.24, 2.45) is 0 Å². The van der Waals surface area contributed by atoms with Gasteiger partial charge in [-0.3, -0.25) is 14.6 Å². The molecule has 0 spiro atoms. The zero-order valence-electron chi connectivity index (χ0n) is 19.0. The average Bonchev–Trinajstić information content (AvgIpc) is 3.38. The molecule has 176 valence electrons. The lowest BCUT2D eigenvalue weighted by Crippen LogP contribution is -2.30. The number of nitrogens with zero attached hydrogens (tertiary/aromatic N) is 2. The van der Waals surface area contributed by atoms with Gasteiger partial charge in [0.2, 0.25) is 5.78 Å². The van der Waals surface area contributed by atoms with Crippen molar-refractivity contribution in [1.82, 2.24) is 9.88 Å². The molecular formula is C27H21ClN2O5. The first kappa shape index (κ1) is 22.7. The molecule has 0 saturated carbocycles. The highest BCUT2D eigenvalue weighted by Gasteiger charge is 2.44. The summed E-state index contributed by atoms with van der Waals surface area (Å²) in [6, 6.07) is 15.1. The zero-order valence-corrected chi connectivity index (χ0v) is 19.7. The number of ketones is 1. The van der Waals surface area contributed by atoms with Gasteiger partial charge >= 0.3 is 0 Å². The molecule has 4 aromatic rings. The first-order valence-electron chi connectivity index (χ1n) is 10.9. The average molecular weight is 489 g/mol. The normalized spacial score (nSPS) is 15.8. The molecule has 2 aromatic carbocycles. The highest BCUT2D eigenvalue weighted by atomic mass is 35.5. The molecule has 1 amide bonds. The summed E-state index contributed by atoms with van der Waals surface area (Å²) >= 11 is 6.16. The minimum atomic E-state index is -0.811. The number of aromatic nitrogens is 1. The summed E-state index contributed by atoms with van der Waals surface area (Å²) < 4.78 is 11.2. The summed E-state index contributed by atoms with van der Waals surface area (Å²) in [5, 5.41) is 11.9. The molecule has 0 aliphatic carbocycles. The fraction of sp³-hybridized carbons (Fsp3) is 0.148. The van der Waals surface area contributed by atoms with Crippen LogP contribution in [0, 0.1) is 6.92 Å². The predicted octanol–water partition coefficient (Wildman–Crippen LogP) is 5.58. The highest BCUT2D eigenvalue weighted by Crippen LogP contribution is 2.41. The number of Topliss-reactive ketones (excluding diaryl/α,β-unsaturated/α-hetero) is 1. The van der Waals surface area contributed by atoms with E-state index in [0.717, 1.165) is 11.1 Å². The largest absolute Gasteiger partial charge is 0.503 e. The van der Waals surface area contributed by atoms with Crippen molar-refractivity contribution in [2.45, 2.75) is 19.5 Å². The molecule has 8 heteroatoms. The van der Waals surface area contributed by atoms with E-state index in [0.29, 0.717) is 27.3 Å². The van der Waals surface area contributed by atoms with Gasteiger partial charge < -0.3 is 19.2 Å². The van der Waals surface area contributed by atoms with E-state index in [1.165, 1.54) is 18.1 Å². The molecule has 1 aliphatic heterocycles. The second-order valence-corrected chi connectivity index (χ2v) is 8.78. The van der Waals surface area contributed by atoms with Crippen LogP contribution in [-0.2, 0) is 11.3 Å². The van der Waals surface area contributed by atoms with Crippen LogP contribution < -0.4 is 4.74 Å². The van der Waals surface area contributed by atoms with Crippen LogP contribution in [0.5, 0.6) is 5.75 Å². The number of aliphatic hydroxyl groups excluding tert-OH is 1. The number of halogens is 1. The summed E-state index contributed by atoms with van der Waals surface area (Å²) in [6.07, 6.45) is 3.28. The van der Waals surface area contributed by atoms with Crippen molar-refractivity contribution >= 4 is 34.3 Å². The molecule has 1 unspecified atom stereocenters. The lowest BCUT2D eigenvalue weighted by Gasteiger charge is -2.27. The van der Waals surface area contributed by atoms with Gasteiger partial charge in [-0.15, -0.1) is 0 Å². The van der Waals surface area contributed by atoms with E-state index in [-0.39, 0.29) is 17.9 Å². The number of amides is 1. The molecule has 7 nitrogen and oxygen atoms in total. The third kappa shape index (κ3) is 4.04. The second-order valence-electron chi connectivity index (χ2n) is 8.34. The number of methoxy groups -OCH3 is 1. The molecule has 0 saturated heterocycles. The lowest BCUT2D eigenvalue weighted by atomic mass is 9.94. The Morgan fingerprint density at radius 2 is 2.03 bits per heavy atom. The lowest BCUT2D eigenvalue weighted by molar-refractivity contribution is -0.130. The van der Waals surface area contributed by atoms with Gasteiger partial charge in [-0.05, 0) is 36.2 Å². The minimum absolute atomic E-state index is 0.0317. The standard InChI is InChI=1S/C27H21ClN2O5/c1-15-5-3-7-17(9-15)23-22(25(32)27(33)30(23)14-16-6-4-8-29-13-16)24(31)20-11-18-10-19(28)12-21(34-2)26(18)35-20/h3-13,23,32H,14H2,1-2H3. The van der Waals surface area contributed by atoms with Crippen molar-refractivity contribution in [3.05, 3.63) is 106 Å². The van der Waals surface area contributed by atoms with Crippen LogP contribution >= 0.6 is 11.6 Å². The zero-order chi connectivity index (χ0) is 24.7. The number of pyridine rings is 1. The van der Waals surface area contributed by atoms with E-state index in [1.54, 1.807) is 30.6 Å². The molecule has 1 atom stereocenters. The number of fused-ring (bicyclic) bond motifs is 1. The van der Waals surface area contributed by atoms with Crippen LogP contribution in [0.3, 0.4) is 0 Å². The molecule has 5 rings (SSSR count). The number of benzene rings is 2. The number of rotatable bonds is 6. The number of carbonyl (C=O) groups is 2. The number of aryl methyl sites for hydroxylation is 1. The number of carbonyl (C=O) groups excluding carboxylic acids is 2. The Kier molecular flexibility index (Phi) is 5.78. The summed E-state index contributed by atoms with van der Waals surface area (Å²) in [5.41, 5.74) is 2.73. The number of ether oxygens (including phenoxy) is 1. The molecule has 3 heterocycles. The van der Waals surface area contributed by atoms with Crippen molar-refractivity contribution in [2.75, 3.05) is 7.11 Å². The molecule has 0 fully saturated rings. The van der Waals surface area contributed by atoms with E-state index in [2.05, 4.69) is 4.98 Å². The van der Waals surface area contributed by atoms with Gasteiger partial charge in [0, 0.05) is 35.4 Å². The van der Waals surface area contributed by atoms with Crippen molar-refractivity contribution in [1.29, 1.82) is 0 Å². The Bertz CT molecular complexity index is 1490. The predicted molar refractivity (Wildman–Crippen MR) is 130 cm³/mol. The first-order chi connectivity index (χ1) is 16.9. The Hall–Kier alpha value is -4.10. The summed E-state index contributed by atoms with van der Waals surface area (Å²) in [4.78, 5) is 32.5. The quantitative estimate of drug-likeness (QED) is 0.356. The van der Waals surface area contributed by atoms with E-state index < -0.39 is 23.5 Å². The Balaban J connectivity index is 1.62. The van der Waals surface area contributed by atoms with Gasteiger partial charge in [-0.25, -0.2) is 0 Å². The highest BCUT2D eigenvalue weighted by molar-refractivity contribution is 6.31. The van der Waals surface area contributed by atoms with Crippen LogP contribution in [0.1, 0.15) is 33.3 Å². The maximum Gasteiger partial charge on any atom is 0.290 e. The van der Waals surface area contributed by atoms with E-state index >= 15 is 0 Å². The fourth-order valence-electron chi connectivity index (χ4n) is 4.41. The summed E-state index contributed by atoms with van der Waals surface area (Å²) in [6.45, 7) is 2.09. The van der Waals surface area contributed by atoms with Crippen molar-refractivity contribution < 1.29 is 23.8 Å². The van der Waals surface area contributed by atoms with Crippen LogP contribution in [0.2, 0.25) is 5.02 Å². The Morgan fingerprint density at radius 3 is 2.74 bits per heavy atom. The SMILES string of the molecule is COc1cc(Cl)cc2cc(C(=O)C3=C(O)C(=O)N(Cc4cccnc4)C3c3cccc(C)c3)oc12. The molecule has 35 heavy (non-hydrogen) atoms. The summed E-state index contributed by atoms with van der Waals surface area (Å²) in [5.74, 6) is -1.49. The van der Waals surface area contributed by atoms with Crippen LogP contribution in [-0.4, -0.2) is 33.8 Å². The topological polar surface area (TPSA) is 92.9 Å². The van der Waals surface area contributed by atoms with E-state index in [1.807, 2.05) is 37.3 Å². The molecule has 0 bridgehead atoms. The molecule has 1 N–H and O–H groups in total. The van der Waals surface area contributed by atoms with Gasteiger partial charge in [0.05, 0.1) is 18.7 Å². The van der Waals surface area contributed by atoms with Crippen LogP contribution in [0.15, 0.2) is 82.7 Å². The van der Waals surface area contributed by atoms with E-state index in [4.69, 9.17) is 20.8 Å². The number of hydrogen-bond acceptors (Lipinski definition) is 6. The molecule has 1 aliphatic rings. The number of hydrogen-bond donors (Lipinski definition) is 1. The van der Waals surface area contributed by atoms with Crippen molar-refractivity contribution in [3.63, 3.8) is 0 Å². The van der Waals surface area contributed by atoms with Gasteiger partial charge in [0.25, 0.3) is 5.91 Å². The summed E-state index contributed by atoms with van der Waals surface area (Å²) in [7, 11) is 1.48. The monoisotopic (exact) mass is 488 g/mol. The van der Waals surface area contributed by atoms with Gasteiger partial charge in [-0.1, -0.05) is 47.5 Å².